The Balaban J connectivity index is 1.78. The van der Waals surface area contributed by atoms with Gasteiger partial charge in [0.1, 0.15) is 6.54 Å². The minimum Gasteiger partial charge on any atom is -0.300 e. The summed E-state index contributed by atoms with van der Waals surface area (Å²) in [4.78, 5) is 18.6. The summed E-state index contributed by atoms with van der Waals surface area (Å²) in [5.41, 5.74) is 3.07. The number of imidazole rings is 1. The number of para-hydroxylation sites is 2. The molecular formula is C16H13N3O. The number of carbonyl (C=O) groups excluding carboxylic acids is 1. The Kier molecular flexibility index (Phi) is 2.36. The van der Waals surface area contributed by atoms with Gasteiger partial charge in [0.2, 0.25) is 11.9 Å². The number of nitrogens with zero attached hydrogens (tertiary/aromatic N) is 3. The van der Waals surface area contributed by atoms with Crippen molar-refractivity contribution in [3.63, 3.8) is 0 Å². The van der Waals surface area contributed by atoms with Gasteiger partial charge in [-0.2, -0.15) is 0 Å². The molecule has 1 aliphatic heterocycles. The topological polar surface area (TPSA) is 38.1 Å². The van der Waals surface area contributed by atoms with E-state index in [-0.39, 0.29) is 5.91 Å². The van der Waals surface area contributed by atoms with Crippen molar-refractivity contribution in [3.05, 3.63) is 60.2 Å². The summed E-state index contributed by atoms with van der Waals surface area (Å²) in [5, 5.41) is 0. The molecule has 1 aliphatic rings. The molecule has 2 heterocycles. The number of hydrogen-bond donors (Lipinski definition) is 0. The van der Waals surface area contributed by atoms with Crippen molar-refractivity contribution in [2.75, 3.05) is 4.90 Å². The van der Waals surface area contributed by atoms with Crippen LogP contribution in [-0.2, 0) is 17.9 Å². The highest BCUT2D eigenvalue weighted by molar-refractivity contribution is 5.98. The van der Waals surface area contributed by atoms with Gasteiger partial charge in [-0.1, -0.05) is 42.5 Å². The highest BCUT2D eigenvalue weighted by Crippen LogP contribution is 2.28. The van der Waals surface area contributed by atoms with Crippen LogP contribution in [0.2, 0.25) is 0 Å². The van der Waals surface area contributed by atoms with Gasteiger partial charge >= 0.3 is 0 Å². The Morgan fingerprint density at radius 2 is 1.75 bits per heavy atom. The molecule has 0 N–H and O–H groups in total. The van der Waals surface area contributed by atoms with Crippen molar-refractivity contribution in [2.45, 2.75) is 13.1 Å². The van der Waals surface area contributed by atoms with Gasteiger partial charge in [0, 0.05) is 0 Å². The van der Waals surface area contributed by atoms with Gasteiger partial charge in [-0.3, -0.25) is 9.69 Å². The zero-order chi connectivity index (χ0) is 13.5. The van der Waals surface area contributed by atoms with Gasteiger partial charge in [0.25, 0.3) is 0 Å². The predicted molar refractivity (Wildman–Crippen MR) is 77.4 cm³/mol. The summed E-state index contributed by atoms with van der Waals surface area (Å²) in [6.45, 7) is 0.950. The molecule has 1 amide bonds. The van der Waals surface area contributed by atoms with Crippen LogP contribution in [0.15, 0.2) is 54.6 Å². The fourth-order valence-corrected chi connectivity index (χ4v) is 2.68. The standard InChI is InChI=1S/C16H13N3O/c20-15-11-18-14-9-5-4-8-13(14)17-16(18)19(15)10-12-6-2-1-3-7-12/h1-9H,10-11H2. The summed E-state index contributed by atoms with van der Waals surface area (Å²) in [6, 6.07) is 17.9. The Morgan fingerprint density at radius 3 is 2.60 bits per heavy atom. The lowest BCUT2D eigenvalue weighted by Crippen LogP contribution is -2.26. The molecule has 0 saturated heterocycles. The molecule has 20 heavy (non-hydrogen) atoms. The number of benzene rings is 2. The van der Waals surface area contributed by atoms with Crippen LogP contribution in [-0.4, -0.2) is 15.5 Å². The first-order chi connectivity index (χ1) is 9.83. The van der Waals surface area contributed by atoms with E-state index < -0.39 is 0 Å². The van der Waals surface area contributed by atoms with Crippen molar-refractivity contribution < 1.29 is 4.79 Å². The molecule has 4 nitrogen and oxygen atoms in total. The predicted octanol–water partition coefficient (Wildman–Crippen LogP) is 2.58. The van der Waals surface area contributed by atoms with E-state index in [0.717, 1.165) is 22.5 Å². The van der Waals surface area contributed by atoms with Crippen molar-refractivity contribution in [1.82, 2.24) is 9.55 Å². The summed E-state index contributed by atoms with van der Waals surface area (Å²) < 4.78 is 1.99. The van der Waals surface area contributed by atoms with Gasteiger partial charge < -0.3 is 4.57 Å². The second-order valence-corrected chi connectivity index (χ2v) is 4.95. The number of carbonyl (C=O) groups is 1. The molecule has 0 saturated carbocycles. The largest absolute Gasteiger partial charge is 0.300 e. The third-order valence-corrected chi connectivity index (χ3v) is 3.65. The number of hydrogen-bond acceptors (Lipinski definition) is 2. The zero-order valence-electron chi connectivity index (χ0n) is 10.9. The highest BCUT2D eigenvalue weighted by atomic mass is 16.2. The van der Waals surface area contributed by atoms with E-state index in [9.17, 15) is 4.79 Å². The summed E-state index contributed by atoms with van der Waals surface area (Å²) in [6.07, 6.45) is 0. The van der Waals surface area contributed by atoms with E-state index in [1.807, 2.05) is 59.2 Å². The molecule has 4 rings (SSSR count). The molecule has 0 atom stereocenters. The van der Waals surface area contributed by atoms with Crippen LogP contribution in [0.5, 0.6) is 0 Å². The van der Waals surface area contributed by atoms with Crippen LogP contribution in [0.1, 0.15) is 5.56 Å². The van der Waals surface area contributed by atoms with Gasteiger partial charge in [0.05, 0.1) is 17.6 Å². The first kappa shape index (κ1) is 11.2. The maximum absolute atomic E-state index is 12.2. The molecule has 0 aliphatic carbocycles. The lowest BCUT2D eigenvalue weighted by Gasteiger charge is -2.13. The number of amides is 1. The van der Waals surface area contributed by atoms with Crippen molar-refractivity contribution in [3.8, 4) is 0 Å². The Hall–Kier alpha value is -2.62. The second kappa shape index (κ2) is 4.20. The SMILES string of the molecule is O=C1Cn2c(nc3ccccc32)N1Cc1ccccc1. The van der Waals surface area contributed by atoms with E-state index in [0.29, 0.717) is 13.1 Å². The number of aromatic nitrogens is 2. The summed E-state index contributed by atoms with van der Waals surface area (Å²) >= 11 is 0. The van der Waals surface area contributed by atoms with E-state index >= 15 is 0 Å². The van der Waals surface area contributed by atoms with Crippen LogP contribution >= 0.6 is 0 Å². The molecular weight excluding hydrogens is 250 g/mol. The molecule has 0 fully saturated rings. The van der Waals surface area contributed by atoms with Gasteiger partial charge in [0.15, 0.2) is 0 Å². The second-order valence-electron chi connectivity index (χ2n) is 4.95. The molecule has 0 spiro atoms. The molecule has 98 valence electrons. The average molecular weight is 263 g/mol. The lowest BCUT2D eigenvalue weighted by atomic mass is 10.2. The van der Waals surface area contributed by atoms with E-state index in [2.05, 4.69) is 4.98 Å². The van der Waals surface area contributed by atoms with Gasteiger partial charge in [-0.05, 0) is 17.7 Å². The maximum Gasteiger partial charge on any atom is 0.249 e. The van der Waals surface area contributed by atoms with Gasteiger partial charge in [-0.25, -0.2) is 4.98 Å². The smallest absolute Gasteiger partial charge is 0.249 e. The molecule has 0 bridgehead atoms. The van der Waals surface area contributed by atoms with E-state index in [1.54, 1.807) is 4.90 Å². The fraction of sp³-hybridized carbons (Fsp3) is 0.125. The first-order valence-corrected chi connectivity index (χ1v) is 6.62. The van der Waals surface area contributed by atoms with Crippen LogP contribution in [0.4, 0.5) is 5.95 Å². The van der Waals surface area contributed by atoms with Crippen LogP contribution in [0.25, 0.3) is 11.0 Å². The molecule has 0 unspecified atom stereocenters. The molecule has 3 aromatic rings. The molecule has 0 radical (unpaired) electrons. The Bertz CT molecular complexity index is 792. The van der Waals surface area contributed by atoms with Crippen LogP contribution in [0.3, 0.4) is 0 Å². The minimum absolute atomic E-state index is 0.0992. The van der Waals surface area contributed by atoms with Gasteiger partial charge in [-0.15, -0.1) is 0 Å². The zero-order valence-corrected chi connectivity index (χ0v) is 10.9. The number of fused-ring (bicyclic) bond motifs is 3. The molecule has 4 heteroatoms. The average Bonchev–Trinajstić information content (AvgIpc) is 2.98. The summed E-state index contributed by atoms with van der Waals surface area (Å²) in [7, 11) is 0. The quantitative estimate of drug-likeness (QED) is 0.712. The normalized spacial score (nSPS) is 14.0. The monoisotopic (exact) mass is 263 g/mol. The molecule has 2 aromatic carbocycles. The fourth-order valence-electron chi connectivity index (χ4n) is 2.68. The van der Waals surface area contributed by atoms with Crippen molar-refractivity contribution >= 4 is 22.9 Å². The van der Waals surface area contributed by atoms with E-state index in [1.165, 1.54) is 0 Å². The minimum atomic E-state index is 0.0992. The first-order valence-electron chi connectivity index (χ1n) is 6.62. The highest BCUT2D eigenvalue weighted by Gasteiger charge is 2.30. The third-order valence-electron chi connectivity index (χ3n) is 3.65. The summed E-state index contributed by atoms with van der Waals surface area (Å²) in [5.74, 6) is 0.849. The third kappa shape index (κ3) is 1.61. The molecule has 1 aromatic heterocycles. The lowest BCUT2D eigenvalue weighted by molar-refractivity contribution is -0.118. The number of rotatable bonds is 2. The Labute approximate surface area is 116 Å². The number of anilines is 1. The van der Waals surface area contributed by atoms with E-state index in [4.69, 9.17) is 0 Å². The maximum atomic E-state index is 12.2. The Morgan fingerprint density at radius 1 is 1.00 bits per heavy atom. The van der Waals surface area contributed by atoms with Crippen molar-refractivity contribution in [2.24, 2.45) is 0 Å². The van der Waals surface area contributed by atoms with Crippen LogP contribution < -0.4 is 4.90 Å². The van der Waals surface area contributed by atoms with Crippen molar-refractivity contribution in [1.29, 1.82) is 0 Å². The van der Waals surface area contributed by atoms with Crippen LogP contribution in [0, 0.1) is 0 Å².